The topological polar surface area (TPSA) is 99.1 Å². The van der Waals surface area contributed by atoms with Gasteiger partial charge in [0, 0.05) is 19.3 Å². The van der Waals surface area contributed by atoms with E-state index in [1.165, 1.54) is 51.4 Å². The summed E-state index contributed by atoms with van der Waals surface area (Å²) < 4.78 is 17.1. The number of carboxylic acids is 1. The van der Waals surface area contributed by atoms with Crippen LogP contribution in [0.1, 0.15) is 149 Å². The van der Waals surface area contributed by atoms with Crippen LogP contribution in [0.4, 0.5) is 0 Å². The number of carbonyl (C=O) groups excluding carboxylic acids is 2. The van der Waals surface area contributed by atoms with Crippen LogP contribution in [0, 0.1) is 0 Å². The summed E-state index contributed by atoms with van der Waals surface area (Å²) in [5, 5.41) is 9.59. The summed E-state index contributed by atoms with van der Waals surface area (Å²) in [7, 11) is 5.49. The Balaban J connectivity index is 4.41. The molecule has 0 heterocycles. The molecule has 0 saturated carbocycles. The van der Waals surface area contributed by atoms with E-state index in [9.17, 15) is 19.5 Å². The molecule has 0 bridgehead atoms. The second-order valence-electron chi connectivity index (χ2n) is 14.9. The molecular formula is C46H78NO7+. The Bertz CT molecular complexity index is 1110. The first kappa shape index (κ1) is 50.8. The molecule has 0 saturated heterocycles. The number of esters is 2. The number of likely N-dealkylation sites (N-methyl/N-ethyl adjacent to an activating group) is 1. The molecule has 54 heavy (non-hydrogen) atoms. The molecule has 1 N–H and O–H groups in total. The molecule has 308 valence electrons. The predicted octanol–water partition coefficient (Wildman–Crippen LogP) is 11.2. The molecule has 0 fully saturated rings. The van der Waals surface area contributed by atoms with Crippen molar-refractivity contribution in [1.82, 2.24) is 0 Å². The second kappa shape index (κ2) is 36.7. The van der Waals surface area contributed by atoms with Crippen LogP contribution in [0.25, 0.3) is 0 Å². The van der Waals surface area contributed by atoms with E-state index in [1.54, 1.807) is 0 Å². The number of rotatable bonds is 36. The molecule has 2 unspecified atom stereocenters. The summed E-state index contributed by atoms with van der Waals surface area (Å²) in [5.41, 5.74) is 0. The normalized spacial score (nSPS) is 13.7. The summed E-state index contributed by atoms with van der Waals surface area (Å²) >= 11 is 0. The zero-order chi connectivity index (χ0) is 40.0. The van der Waals surface area contributed by atoms with E-state index in [0.29, 0.717) is 25.7 Å². The van der Waals surface area contributed by atoms with Crippen LogP contribution in [-0.4, -0.2) is 80.6 Å². The Morgan fingerprint density at radius 1 is 0.556 bits per heavy atom. The molecule has 0 aliphatic heterocycles. The van der Waals surface area contributed by atoms with Gasteiger partial charge in [0.15, 0.2) is 12.1 Å². The molecule has 0 amide bonds. The first-order chi connectivity index (χ1) is 26.1. The number of carboxylic acid groups (broad SMARTS) is 1. The zero-order valence-corrected chi connectivity index (χ0v) is 34.9. The smallest absolute Gasteiger partial charge is 0.362 e. The van der Waals surface area contributed by atoms with Gasteiger partial charge in [-0.2, -0.15) is 0 Å². The number of allylic oxidation sites excluding steroid dienone is 12. The zero-order valence-electron chi connectivity index (χ0n) is 34.9. The maximum atomic E-state index is 12.6. The lowest BCUT2D eigenvalue weighted by molar-refractivity contribution is -0.887. The van der Waals surface area contributed by atoms with Gasteiger partial charge >= 0.3 is 17.9 Å². The van der Waals surface area contributed by atoms with Crippen molar-refractivity contribution in [3.63, 3.8) is 0 Å². The van der Waals surface area contributed by atoms with E-state index in [4.69, 9.17) is 14.2 Å². The lowest BCUT2D eigenvalue weighted by Gasteiger charge is -2.31. The number of nitrogens with zero attached hydrogens (tertiary/aromatic N) is 1. The Morgan fingerprint density at radius 2 is 1.00 bits per heavy atom. The molecule has 2 atom stereocenters. The fourth-order valence-corrected chi connectivity index (χ4v) is 5.52. The lowest BCUT2D eigenvalue weighted by atomic mass is 10.1. The predicted molar refractivity (Wildman–Crippen MR) is 224 cm³/mol. The van der Waals surface area contributed by atoms with Crippen LogP contribution in [0.15, 0.2) is 72.9 Å². The number of ether oxygens (including phenoxy) is 3. The Labute approximate surface area is 330 Å². The minimum atomic E-state index is -0.889. The highest BCUT2D eigenvalue weighted by Crippen LogP contribution is 2.11. The van der Waals surface area contributed by atoms with Crippen molar-refractivity contribution in [2.24, 2.45) is 0 Å². The van der Waals surface area contributed by atoms with Crippen LogP contribution in [0.5, 0.6) is 0 Å². The maximum absolute atomic E-state index is 12.6. The quantitative estimate of drug-likeness (QED) is 0.0294. The highest BCUT2D eigenvalue weighted by molar-refractivity contribution is 5.72. The molecule has 0 aromatic heterocycles. The standard InChI is InChI=1S/C46H77NO7/c1-6-8-10-12-14-16-17-18-19-20-21-22-23-24-25-26-27-29-30-32-34-36-44(48)53-41-42(40-52-39-38-43(46(50)51)47(3,4)5)54-45(49)37-35-33-31-28-15-13-11-9-7-2/h14,16,18-19,21-22,24-25,27-29,31,42-43H,6-13,15,17,20,23,26,30,32-41H2,1-5H3/p+1/b16-14+,19-18+,22-21+,25-24+,29-27+,31-28+. The number of hydrogen-bond acceptors (Lipinski definition) is 6. The van der Waals surface area contributed by atoms with E-state index in [-0.39, 0.29) is 42.7 Å². The van der Waals surface area contributed by atoms with Crippen molar-refractivity contribution in [3.05, 3.63) is 72.9 Å². The molecule has 8 heteroatoms. The average Bonchev–Trinajstić information content (AvgIpc) is 3.12. The average molecular weight is 757 g/mol. The number of quaternary nitrogens is 1. The Morgan fingerprint density at radius 3 is 1.52 bits per heavy atom. The first-order valence-electron chi connectivity index (χ1n) is 21.0. The monoisotopic (exact) mass is 757 g/mol. The minimum Gasteiger partial charge on any atom is -0.477 e. The van der Waals surface area contributed by atoms with Gasteiger partial charge in [-0.25, -0.2) is 4.79 Å². The van der Waals surface area contributed by atoms with Crippen molar-refractivity contribution >= 4 is 17.9 Å². The molecular weight excluding hydrogens is 679 g/mol. The van der Waals surface area contributed by atoms with E-state index in [2.05, 4.69) is 86.8 Å². The Kier molecular flexibility index (Phi) is 34.5. The fourth-order valence-electron chi connectivity index (χ4n) is 5.52. The second-order valence-corrected chi connectivity index (χ2v) is 14.9. The third kappa shape index (κ3) is 34.5. The summed E-state index contributed by atoms with van der Waals surface area (Å²) in [6.45, 7) is 4.57. The largest absolute Gasteiger partial charge is 0.477 e. The number of carbonyl (C=O) groups is 3. The molecule has 8 nitrogen and oxygen atoms in total. The summed E-state index contributed by atoms with van der Waals surface area (Å²) in [4.78, 5) is 36.8. The summed E-state index contributed by atoms with van der Waals surface area (Å²) in [5.74, 6) is -1.58. The molecule has 0 aromatic rings. The van der Waals surface area contributed by atoms with Crippen LogP contribution >= 0.6 is 0 Å². The first-order valence-corrected chi connectivity index (χ1v) is 21.0. The molecule has 0 aliphatic rings. The van der Waals surface area contributed by atoms with Gasteiger partial charge in [-0.15, -0.1) is 0 Å². The van der Waals surface area contributed by atoms with Gasteiger partial charge in [-0.3, -0.25) is 9.59 Å². The van der Waals surface area contributed by atoms with Crippen molar-refractivity contribution < 1.29 is 38.2 Å². The van der Waals surface area contributed by atoms with Crippen molar-refractivity contribution in [2.75, 3.05) is 41.0 Å². The van der Waals surface area contributed by atoms with Crippen LogP contribution in [-0.2, 0) is 28.6 Å². The maximum Gasteiger partial charge on any atom is 0.362 e. The van der Waals surface area contributed by atoms with Gasteiger partial charge in [0.25, 0.3) is 0 Å². The van der Waals surface area contributed by atoms with E-state index in [1.807, 2.05) is 21.1 Å². The van der Waals surface area contributed by atoms with E-state index in [0.717, 1.165) is 51.4 Å². The van der Waals surface area contributed by atoms with E-state index < -0.39 is 18.1 Å². The van der Waals surface area contributed by atoms with Crippen LogP contribution in [0.3, 0.4) is 0 Å². The van der Waals surface area contributed by atoms with Gasteiger partial charge in [-0.1, -0.05) is 119 Å². The minimum absolute atomic E-state index is 0.0321. The van der Waals surface area contributed by atoms with Crippen molar-refractivity contribution in [1.29, 1.82) is 0 Å². The van der Waals surface area contributed by atoms with Crippen LogP contribution < -0.4 is 0 Å². The number of hydrogen-bond donors (Lipinski definition) is 1. The Hall–Kier alpha value is -3.23. The molecule has 0 radical (unpaired) electrons. The summed E-state index contributed by atoms with van der Waals surface area (Å²) in [6, 6.07) is -0.627. The van der Waals surface area contributed by atoms with Gasteiger partial charge in [-0.05, 0) is 83.5 Å². The highest BCUT2D eigenvalue weighted by atomic mass is 16.6. The van der Waals surface area contributed by atoms with Gasteiger partial charge < -0.3 is 23.8 Å². The van der Waals surface area contributed by atoms with Crippen LogP contribution in [0.2, 0.25) is 0 Å². The molecule has 0 rings (SSSR count). The molecule has 0 spiro atoms. The van der Waals surface area contributed by atoms with Gasteiger partial charge in [0.05, 0.1) is 34.4 Å². The SMILES string of the molecule is CCCCC/C=C/C/C=C/C/C=C/C/C=C/C/C=C/CCCCC(=O)OCC(COCCC(C(=O)O)[N+](C)(C)C)OC(=O)CCC/C=C/CCCCCC. The molecule has 0 aromatic carbocycles. The van der Waals surface area contributed by atoms with Gasteiger partial charge in [0.2, 0.25) is 0 Å². The lowest BCUT2D eigenvalue weighted by Crippen LogP contribution is -2.50. The highest BCUT2D eigenvalue weighted by Gasteiger charge is 2.31. The van der Waals surface area contributed by atoms with E-state index >= 15 is 0 Å². The number of aliphatic carboxylic acids is 1. The van der Waals surface area contributed by atoms with Crippen molar-refractivity contribution in [2.45, 2.75) is 161 Å². The molecule has 0 aliphatic carbocycles. The third-order valence-corrected chi connectivity index (χ3v) is 8.83. The number of unbranched alkanes of at least 4 members (excludes halogenated alkanes) is 10. The van der Waals surface area contributed by atoms with Crippen molar-refractivity contribution in [3.8, 4) is 0 Å². The summed E-state index contributed by atoms with van der Waals surface area (Å²) in [6.07, 6.45) is 45.3. The van der Waals surface area contributed by atoms with Gasteiger partial charge in [0.1, 0.15) is 6.61 Å². The third-order valence-electron chi connectivity index (χ3n) is 8.83. The fraction of sp³-hybridized carbons (Fsp3) is 0.674.